The number of methoxy groups -OCH3 is 2. The van der Waals surface area contributed by atoms with Crippen molar-refractivity contribution in [2.75, 3.05) is 34.4 Å². The number of carbonyl (C=O) groups is 2. The SMILES string of the molecule is CCOC(=O)C1=C(c2ccccc2)N=C2SC=C(CC(=O)N(C)CC)N2C1c1cc(OC)cc(OC)c1. The lowest BCUT2D eigenvalue weighted by atomic mass is 9.91. The van der Waals surface area contributed by atoms with Gasteiger partial charge in [0.15, 0.2) is 5.17 Å². The minimum absolute atomic E-state index is 0.0203. The van der Waals surface area contributed by atoms with Gasteiger partial charge in [-0.25, -0.2) is 9.79 Å². The first-order valence-corrected chi connectivity index (χ1v) is 13.0. The Hall–Kier alpha value is -3.72. The maximum absolute atomic E-state index is 13.6. The number of aliphatic imine (C=N–C) groups is 1. The first-order valence-electron chi connectivity index (χ1n) is 12.1. The zero-order chi connectivity index (χ0) is 26.5. The van der Waals surface area contributed by atoms with Gasteiger partial charge in [0.05, 0.1) is 44.6 Å². The van der Waals surface area contributed by atoms with Gasteiger partial charge in [0.2, 0.25) is 5.91 Å². The number of amidine groups is 1. The zero-order valence-electron chi connectivity index (χ0n) is 21.7. The molecular weight excluding hydrogens is 490 g/mol. The van der Waals surface area contributed by atoms with Gasteiger partial charge >= 0.3 is 5.97 Å². The van der Waals surface area contributed by atoms with Gasteiger partial charge in [-0.1, -0.05) is 42.1 Å². The number of hydrogen-bond donors (Lipinski definition) is 0. The third-order valence-electron chi connectivity index (χ3n) is 6.27. The van der Waals surface area contributed by atoms with Crippen molar-refractivity contribution in [2.45, 2.75) is 26.3 Å². The van der Waals surface area contributed by atoms with Crippen molar-refractivity contribution in [2.24, 2.45) is 4.99 Å². The molecule has 0 bridgehead atoms. The highest BCUT2D eigenvalue weighted by Crippen LogP contribution is 2.48. The largest absolute Gasteiger partial charge is 0.497 e. The number of fused-ring (bicyclic) bond motifs is 1. The highest BCUT2D eigenvalue weighted by atomic mass is 32.2. The molecule has 0 N–H and O–H groups in total. The second kappa shape index (κ2) is 11.6. The lowest BCUT2D eigenvalue weighted by Crippen LogP contribution is -2.38. The van der Waals surface area contributed by atoms with Gasteiger partial charge in [-0.2, -0.15) is 0 Å². The minimum Gasteiger partial charge on any atom is -0.497 e. The second-order valence-electron chi connectivity index (χ2n) is 8.47. The smallest absolute Gasteiger partial charge is 0.338 e. The van der Waals surface area contributed by atoms with E-state index >= 15 is 0 Å². The van der Waals surface area contributed by atoms with Gasteiger partial charge in [-0.05, 0) is 37.0 Å². The molecule has 0 spiro atoms. The van der Waals surface area contributed by atoms with Crippen LogP contribution in [-0.4, -0.2) is 61.3 Å². The predicted octanol–water partition coefficient (Wildman–Crippen LogP) is 4.85. The highest BCUT2D eigenvalue weighted by Gasteiger charge is 2.42. The zero-order valence-corrected chi connectivity index (χ0v) is 22.5. The number of hydrogen-bond acceptors (Lipinski definition) is 8. The summed E-state index contributed by atoms with van der Waals surface area (Å²) in [6.07, 6.45) is 0.171. The van der Waals surface area contributed by atoms with Crippen molar-refractivity contribution in [3.63, 3.8) is 0 Å². The van der Waals surface area contributed by atoms with Crippen molar-refractivity contribution in [3.8, 4) is 11.5 Å². The van der Waals surface area contributed by atoms with E-state index in [0.29, 0.717) is 34.5 Å². The van der Waals surface area contributed by atoms with Gasteiger partial charge in [-0.3, -0.25) is 4.79 Å². The number of carbonyl (C=O) groups excluding carboxylic acids is 2. The Morgan fingerprint density at radius 2 is 1.73 bits per heavy atom. The van der Waals surface area contributed by atoms with E-state index in [2.05, 4.69) is 0 Å². The maximum atomic E-state index is 13.6. The first-order chi connectivity index (χ1) is 17.9. The fraction of sp³-hybridized carbons (Fsp3) is 0.321. The summed E-state index contributed by atoms with van der Waals surface area (Å²) in [5, 5.41) is 2.61. The number of nitrogens with zero attached hydrogens (tertiary/aromatic N) is 3. The molecule has 0 radical (unpaired) electrons. The van der Waals surface area contributed by atoms with Crippen molar-refractivity contribution in [1.82, 2.24) is 9.80 Å². The monoisotopic (exact) mass is 521 g/mol. The van der Waals surface area contributed by atoms with E-state index in [0.717, 1.165) is 16.8 Å². The van der Waals surface area contributed by atoms with Crippen LogP contribution in [0, 0.1) is 0 Å². The number of rotatable bonds is 9. The Morgan fingerprint density at radius 3 is 2.32 bits per heavy atom. The molecule has 37 heavy (non-hydrogen) atoms. The molecule has 0 aromatic heterocycles. The van der Waals surface area contributed by atoms with Crippen molar-refractivity contribution in [3.05, 3.63) is 76.3 Å². The molecule has 2 aromatic rings. The first kappa shape index (κ1) is 26.3. The molecule has 0 saturated heterocycles. The maximum Gasteiger partial charge on any atom is 0.338 e. The van der Waals surface area contributed by atoms with E-state index in [1.165, 1.54) is 11.8 Å². The Morgan fingerprint density at radius 1 is 1.05 bits per heavy atom. The number of benzene rings is 2. The predicted molar refractivity (Wildman–Crippen MR) is 145 cm³/mol. The molecule has 4 rings (SSSR count). The molecule has 2 aliphatic heterocycles. The summed E-state index contributed by atoms with van der Waals surface area (Å²) in [5.74, 6) is 0.682. The summed E-state index contributed by atoms with van der Waals surface area (Å²) < 4.78 is 16.7. The average molecular weight is 522 g/mol. The van der Waals surface area contributed by atoms with Gasteiger partial charge < -0.3 is 24.0 Å². The van der Waals surface area contributed by atoms with Gasteiger partial charge in [0, 0.05) is 30.9 Å². The standard InChI is InChI=1S/C28H31N3O5S/c1-6-30(3)23(32)15-20-17-37-28-29-25(18-11-9-8-10-12-18)24(27(33)36-7-2)26(31(20)28)19-13-21(34-4)16-22(14-19)35-5/h8-14,16-17,26H,6-7,15H2,1-5H3. The van der Waals surface area contributed by atoms with E-state index in [1.54, 1.807) is 39.2 Å². The quantitative estimate of drug-likeness (QED) is 0.437. The molecule has 8 nitrogen and oxygen atoms in total. The minimum atomic E-state index is -0.619. The molecule has 1 unspecified atom stereocenters. The Kier molecular flexibility index (Phi) is 8.23. The van der Waals surface area contributed by atoms with E-state index < -0.39 is 12.0 Å². The second-order valence-corrected chi connectivity index (χ2v) is 9.31. The highest BCUT2D eigenvalue weighted by molar-refractivity contribution is 8.16. The van der Waals surface area contributed by atoms with Crippen LogP contribution in [0.4, 0.5) is 0 Å². The molecule has 0 saturated carbocycles. The molecule has 2 heterocycles. The Labute approximate surface area is 221 Å². The van der Waals surface area contributed by atoms with Crippen LogP contribution in [0.5, 0.6) is 11.5 Å². The van der Waals surface area contributed by atoms with E-state index in [-0.39, 0.29) is 18.9 Å². The normalized spacial score (nSPS) is 16.6. The van der Waals surface area contributed by atoms with Crippen LogP contribution >= 0.6 is 11.8 Å². The molecule has 9 heteroatoms. The molecule has 194 valence electrons. The van der Waals surface area contributed by atoms with Crippen LogP contribution in [0.1, 0.15) is 37.4 Å². The van der Waals surface area contributed by atoms with Crippen molar-refractivity contribution >= 4 is 34.5 Å². The molecule has 2 aliphatic rings. The number of esters is 1. The van der Waals surface area contributed by atoms with Crippen LogP contribution in [0.2, 0.25) is 0 Å². The molecule has 0 aliphatic carbocycles. The van der Waals surface area contributed by atoms with Crippen LogP contribution in [0.25, 0.3) is 5.70 Å². The summed E-state index contributed by atoms with van der Waals surface area (Å²) in [6.45, 7) is 4.52. The third kappa shape index (κ3) is 5.36. The Bertz CT molecular complexity index is 1250. The average Bonchev–Trinajstić information content (AvgIpc) is 3.33. The summed E-state index contributed by atoms with van der Waals surface area (Å²) in [4.78, 5) is 35.1. The molecule has 2 aromatic carbocycles. The Balaban J connectivity index is 1.94. The summed E-state index contributed by atoms with van der Waals surface area (Å²) in [5.41, 5.74) is 3.24. The summed E-state index contributed by atoms with van der Waals surface area (Å²) in [7, 11) is 4.94. The van der Waals surface area contributed by atoms with Crippen LogP contribution < -0.4 is 9.47 Å². The molecule has 0 fully saturated rings. The molecular formula is C28H31N3O5S. The number of ether oxygens (including phenoxy) is 3. The molecule has 1 atom stereocenters. The third-order valence-corrected chi connectivity index (χ3v) is 7.16. The van der Waals surface area contributed by atoms with E-state index in [9.17, 15) is 9.59 Å². The topological polar surface area (TPSA) is 80.7 Å². The molecule has 1 amide bonds. The van der Waals surface area contributed by atoms with Crippen LogP contribution in [0.15, 0.2) is 70.2 Å². The van der Waals surface area contributed by atoms with Gasteiger partial charge in [-0.15, -0.1) is 0 Å². The van der Waals surface area contributed by atoms with Crippen LogP contribution in [0.3, 0.4) is 0 Å². The van der Waals surface area contributed by atoms with Gasteiger partial charge in [0.1, 0.15) is 11.5 Å². The fourth-order valence-corrected chi connectivity index (χ4v) is 5.18. The van der Waals surface area contributed by atoms with Crippen molar-refractivity contribution < 1.29 is 23.8 Å². The summed E-state index contributed by atoms with van der Waals surface area (Å²) in [6, 6.07) is 14.5. The van der Waals surface area contributed by atoms with E-state index in [4.69, 9.17) is 19.2 Å². The van der Waals surface area contributed by atoms with Crippen LogP contribution in [-0.2, 0) is 14.3 Å². The number of amides is 1. The summed E-state index contributed by atoms with van der Waals surface area (Å²) >= 11 is 1.43. The number of thioether (sulfide) groups is 1. The lowest BCUT2D eigenvalue weighted by Gasteiger charge is -2.37. The van der Waals surface area contributed by atoms with E-state index in [1.807, 2.05) is 59.7 Å². The fourth-order valence-electron chi connectivity index (χ4n) is 4.26. The van der Waals surface area contributed by atoms with Crippen molar-refractivity contribution in [1.29, 1.82) is 0 Å². The van der Waals surface area contributed by atoms with Gasteiger partial charge in [0.25, 0.3) is 0 Å². The lowest BCUT2D eigenvalue weighted by molar-refractivity contribution is -0.139.